The summed E-state index contributed by atoms with van der Waals surface area (Å²) in [6, 6.07) is 0. The topological polar surface area (TPSA) is 26.3 Å². The molecule has 1 unspecified atom stereocenters. The number of cyclic esters (lactones) is 1. The predicted octanol–water partition coefficient (Wildman–Crippen LogP) is 1.69. The molecule has 3 heteroatoms. The molecule has 2 nitrogen and oxygen atoms in total. The molecule has 0 aromatic heterocycles. The summed E-state index contributed by atoms with van der Waals surface area (Å²) in [6.45, 7) is 0.642. The van der Waals surface area contributed by atoms with Gasteiger partial charge in [0.15, 0.2) is 0 Å². The van der Waals surface area contributed by atoms with E-state index in [0.29, 0.717) is 6.61 Å². The second kappa shape index (κ2) is 4.65. The number of ether oxygens (including phenoxy) is 1. The van der Waals surface area contributed by atoms with Crippen LogP contribution in [0.4, 0.5) is 0 Å². The summed E-state index contributed by atoms with van der Waals surface area (Å²) in [5.74, 6) is 1.39. The molecule has 1 aliphatic rings. The average molecular weight is 174 g/mol. The van der Waals surface area contributed by atoms with Crippen LogP contribution in [0.2, 0.25) is 0 Å². The fourth-order valence-corrected chi connectivity index (χ4v) is 1.73. The van der Waals surface area contributed by atoms with Crippen molar-refractivity contribution in [2.75, 3.05) is 18.6 Å². The van der Waals surface area contributed by atoms with Crippen molar-refractivity contribution in [1.29, 1.82) is 0 Å². The van der Waals surface area contributed by atoms with Crippen LogP contribution in [-0.2, 0) is 9.53 Å². The van der Waals surface area contributed by atoms with Crippen molar-refractivity contribution in [2.45, 2.75) is 19.3 Å². The van der Waals surface area contributed by atoms with Gasteiger partial charge in [0.2, 0.25) is 0 Å². The lowest BCUT2D eigenvalue weighted by atomic mass is 10.0. The molecule has 0 saturated carbocycles. The third-order valence-corrected chi connectivity index (χ3v) is 2.64. The van der Waals surface area contributed by atoms with Crippen LogP contribution in [0, 0.1) is 5.92 Å². The summed E-state index contributed by atoms with van der Waals surface area (Å²) in [6.07, 6.45) is 5.18. The molecule has 11 heavy (non-hydrogen) atoms. The summed E-state index contributed by atoms with van der Waals surface area (Å²) in [5, 5.41) is 0. The first-order chi connectivity index (χ1) is 5.34. The van der Waals surface area contributed by atoms with Gasteiger partial charge in [0, 0.05) is 0 Å². The van der Waals surface area contributed by atoms with E-state index >= 15 is 0 Å². The third kappa shape index (κ3) is 2.73. The largest absolute Gasteiger partial charge is 0.465 e. The highest BCUT2D eigenvalue weighted by Crippen LogP contribution is 2.20. The van der Waals surface area contributed by atoms with E-state index < -0.39 is 0 Å². The van der Waals surface area contributed by atoms with E-state index in [9.17, 15) is 4.79 Å². The Morgan fingerprint density at radius 2 is 2.55 bits per heavy atom. The molecule has 1 atom stereocenters. The van der Waals surface area contributed by atoms with Crippen LogP contribution in [0.25, 0.3) is 0 Å². The van der Waals surface area contributed by atoms with Crippen LogP contribution in [0.5, 0.6) is 0 Å². The Kier molecular flexibility index (Phi) is 3.77. The quantitative estimate of drug-likeness (QED) is 0.479. The molecule has 0 bridgehead atoms. The standard InChI is InChI=1S/C8H14O2S/c1-11-6-2-3-7-4-5-10-8(7)9/h7H,2-6H2,1H3. The zero-order valence-corrected chi connectivity index (χ0v) is 7.65. The maximum absolute atomic E-state index is 10.9. The van der Waals surface area contributed by atoms with Crippen LogP contribution < -0.4 is 0 Å². The summed E-state index contributed by atoms with van der Waals surface area (Å²) in [4.78, 5) is 10.9. The lowest BCUT2D eigenvalue weighted by Gasteiger charge is -2.02. The monoisotopic (exact) mass is 174 g/mol. The van der Waals surface area contributed by atoms with Gasteiger partial charge in [-0.2, -0.15) is 11.8 Å². The highest BCUT2D eigenvalue weighted by molar-refractivity contribution is 7.98. The fourth-order valence-electron chi connectivity index (χ4n) is 1.27. The number of rotatable bonds is 4. The maximum Gasteiger partial charge on any atom is 0.309 e. The molecule has 0 aromatic carbocycles. The predicted molar refractivity (Wildman–Crippen MR) is 46.7 cm³/mol. The Bertz CT molecular complexity index is 136. The van der Waals surface area contributed by atoms with Gasteiger partial charge in [-0.25, -0.2) is 0 Å². The number of hydrogen-bond acceptors (Lipinski definition) is 3. The van der Waals surface area contributed by atoms with Gasteiger partial charge in [-0.05, 0) is 31.3 Å². The van der Waals surface area contributed by atoms with E-state index in [1.54, 1.807) is 0 Å². The van der Waals surface area contributed by atoms with E-state index in [2.05, 4.69) is 6.26 Å². The van der Waals surface area contributed by atoms with Crippen molar-refractivity contribution < 1.29 is 9.53 Å². The highest BCUT2D eigenvalue weighted by atomic mass is 32.2. The number of thioether (sulfide) groups is 1. The number of carbonyl (C=O) groups excluding carboxylic acids is 1. The minimum absolute atomic E-state index is 0.0195. The van der Waals surface area contributed by atoms with Gasteiger partial charge in [0.1, 0.15) is 0 Å². The first-order valence-corrected chi connectivity index (χ1v) is 5.39. The lowest BCUT2D eigenvalue weighted by molar-refractivity contribution is -0.141. The first-order valence-electron chi connectivity index (χ1n) is 4.00. The molecule has 0 aromatic rings. The minimum atomic E-state index is 0.0195. The van der Waals surface area contributed by atoms with Crippen LogP contribution in [0.1, 0.15) is 19.3 Å². The van der Waals surface area contributed by atoms with Crippen LogP contribution in [-0.4, -0.2) is 24.6 Å². The molecule has 1 fully saturated rings. The molecule has 0 spiro atoms. The van der Waals surface area contributed by atoms with Crippen molar-refractivity contribution >= 4 is 17.7 Å². The molecule has 0 amide bonds. The molecule has 0 radical (unpaired) electrons. The van der Waals surface area contributed by atoms with Gasteiger partial charge in [0.05, 0.1) is 12.5 Å². The van der Waals surface area contributed by atoms with Crippen molar-refractivity contribution in [1.82, 2.24) is 0 Å². The lowest BCUT2D eigenvalue weighted by Crippen LogP contribution is -2.07. The minimum Gasteiger partial charge on any atom is -0.465 e. The van der Waals surface area contributed by atoms with E-state index in [0.717, 1.165) is 25.0 Å². The Morgan fingerprint density at radius 3 is 3.09 bits per heavy atom. The second-order valence-electron chi connectivity index (χ2n) is 2.79. The molecule has 0 N–H and O–H groups in total. The van der Waals surface area contributed by atoms with E-state index in [1.165, 1.54) is 0 Å². The van der Waals surface area contributed by atoms with Crippen molar-refractivity contribution in [3.63, 3.8) is 0 Å². The van der Waals surface area contributed by atoms with E-state index in [1.807, 2.05) is 11.8 Å². The highest BCUT2D eigenvalue weighted by Gasteiger charge is 2.25. The molecule has 64 valence electrons. The zero-order chi connectivity index (χ0) is 8.10. The van der Waals surface area contributed by atoms with Gasteiger partial charge >= 0.3 is 5.97 Å². The molecule has 1 aliphatic heterocycles. The molecular formula is C8H14O2S. The first kappa shape index (κ1) is 8.91. The Hall–Kier alpha value is -0.180. The van der Waals surface area contributed by atoms with E-state index in [-0.39, 0.29) is 11.9 Å². The van der Waals surface area contributed by atoms with Crippen molar-refractivity contribution in [2.24, 2.45) is 5.92 Å². The number of carbonyl (C=O) groups is 1. The summed E-state index contributed by atoms with van der Waals surface area (Å²) in [7, 11) is 0. The SMILES string of the molecule is CSCCCC1CCOC1=O. The van der Waals surface area contributed by atoms with Crippen molar-refractivity contribution in [3.8, 4) is 0 Å². The molecule has 1 heterocycles. The van der Waals surface area contributed by atoms with Gasteiger partial charge < -0.3 is 4.74 Å². The third-order valence-electron chi connectivity index (χ3n) is 1.95. The normalized spacial score (nSPS) is 23.7. The van der Waals surface area contributed by atoms with Crippen LogP contribution in [0.3, 0.4) is 0 Å². The summed E-state index contributed by atoms with van der Waals surface area (Å²) in [5.41, 5.74) is 0. The average Bonchev–Trinajstić information content (AvgIpc) is 2.37. The van der Waals surface area contributed by atoms with Gasteiger partial charge in [-0.3, -0.25) is 4.79 Å². The van der Waals surface area contributed by atoms with Crippen LogP contribution in [0.15, 0.2) is 0 Å². The second-order valence-corrected chi connectivity index (χ2v) is 3.77. The Balaban J connectivity index is 2.10. The van der Waals surface area contributed by atoms with Gasteiger partial charge in [0.25, 0.3) is 0 Å². The van der Waals surface area contributed by atoms with Gasteiger partial charge in [-0.1, -0.05) is 0 Å². The van der Waals surface area contributed by atoms with Crippen LogP contribution >= 0.6 is 11.8 Å². The summed E-state index contributed by atoms with van der Waals surface area (Å²) >= 11 is 1.83. The molecule has 0 aliphatic carbocycles. The molecule has 1 rings (SSSR count). The fraction of sp³-hybridized carbons (Fsp3) is 0.875. The number of hydrogen-bond donors (Lipinski definition) is 0. The Morgan fingerprint density at radius 1 is 1.73 bits per heavy atom. The molecule has 1 saturated heterocycles. The van der Waals surface area contributed by atoms with E-state index in [4.69, 9.17) is 4.74 Å². The Labute approximate surface area is 71.7 Å². The zero-order valence-electron chi connectivity index (χ0n) is 6.84. The molecular weight excluding hydrogens is 160 g/mol. The van der Waals surface area contributed by atoms with Crippen molar-refractivity contribution in [3.05, 3.63) is 0 Å². The number of esters is 1. The maximum atomic E-state index is 10.9. The summed E-state index contributed by atoms with van der Waals surface area (Å²) < 4.78 is 4.85. The smallest absolute Gasteiger partial charge is 0.309 e. The van der Waals surface area contributed by atoms with Gasteiger partial charge in [-0.15, -0.1) is 0 Å².